The Morgan fingerprint density at radius 1 is 0.794 bits per heavy atom. The second kappa shape index (κ2) is 10.2. The van der Waals surface area contributed by atoms with Crippen LogP contribution >= 0.6 is 11.8 Å². The fraction of sp³-hybridized carbons (Fsp3) is 0.0357. The molecule has 1 aliphatic heterocycles. The van der Waals surface area contributed by atoms with Crippen LogP contribution in [0.4, 0.5) is 0 Å². The van der Waals surface area contributed by atoms with Gasteiger partial charge in [0.25, 0.3) is 5.91 Å². The van der Waals surface area contributed by atoms with E-state index in [4.69, 9.17) is 4.42 Å². The van der Waals surface area contributed by atoms with Gasteiger partial charge in [-0.1, -0.05) is 84.9 Å². The molecule has 3 aromatic carbocycles. The molecule has 1 aliphatic rings. The maximum absolute atomic E-state index is 13.1. The Morgan fingerprint density at radius 2 is 1.50 bits per heavy atom. The van der Waals surface area contributed by atoms with Gasteiger partial charge in [-0.05, 0) is 52.2 Å². The number of amides is 1. The molecule has 6 heteroatoms. The van der Waals surface area contributed by atoms with E-state index in [1.54, 1.807) is 23.4 Å². The van der Waals surface area contributed by atoms with Crippen LogP contribution in [0.5, 0.6) is 0 Å². The number of hydrogen-bond donors (Lipinski definition) is 0. The molecule has 5 nitrogen and oxygen atoms in total. The number of furan rings is 1. The highest BCUT2D eigenvalue weighted by molar-refractivity contribution is 8.18. The third-order valence-electron chi connectivity index (χ3n) is 5.25. The predicted octanol–water partition coefficient (Wildman–Crippen LogP) is 6.45. The second-order valence-corrected chi connectivity index (χ2v) is 8.62. The first-order chi connectivity index (χ1) is 16.8. The molecule has 0 aliphatic carbocycles. The van der Waals surface area contributed by atoms with Crippen molar-refractivity contribution >= 4 is 35.1 Å². The number of carbonyl (C=O) groups is 1. The molecule has 0 bridgehead atoms. The lowest BCUT2D eigenvalue weighted by molar-refractivity contribution is -0.122. The first kappa shape index (κ1) is 21.7. The van der Waals surface area contributed by atoms with Crippen molar-refractivity contribution in [3.8, 4) is 11.1 Å². The lowest BCUT2D eigenvalue weighted by Gasteiger charge is -2.12. The van der Waals surface area contributed by atoms with Crippen molar-refractivity contribution in [2.24, 2.45) is 10.2 Å². The third kappa shape index (κ3) is 5.08. The molecular formula is C28H21N3O2S. The van der Waals surface area contributed by atoms with Crippen LogP contribution in [0, 0.1) is 0 Å². The maximum atomic E-state index is 13.1. The number of benzene rings is 3. The largest absolute Gasteiger partial charge is 0.467 e. The third-order valence-corrected chi connectivity index (χ3v) is 6.24. The summed E-state index contributed by atoms with van der Waals surface area (Å²) >= 11 is 1.31. The van der Waals surface area contributed by atoms with E-state index < -0.39 is 0 Å². The molecule has 0 saturated carbocycles. The lowest BCUT2D eigenvalue weighted by atomic mass is 10.0. The summed E-state index contributed by atoms with van der Waals surface area (Å²) in [7, 11) is 0. The monoisotopic (exact) mass is 463 g/mol. The van der Waals surface area contributed by atoms with Crippen molar-refractivity contribution in [1.29, 1.82) is 0 Å². The minimum atomic E-state index is -0.119. The lowest BCUT2D eigenvalue weighted by Crippen LogP contribution is -2.28. The summed E-state index contributed by atoms with van der Waals surface area (Å²) in [5.41, 5.74) is 4.19. The van der Waals surface area contributed by atoms with Gasteiger partial charge in [0.2, 0.25) is 0 Å². The van der Waals surface area contributed by atoms with E-state index in [1.807, 2.05) is 72.8 Å². The van der Waals surface area contributed by atoms with E-state index >= 15 is 0 Å². The molecule has 0 radical (unpaired) electrons. The van der Waals surface area contributed by atoms with Gasteiger partial charge in [0.15, 0.2) is 5.17 Å². The normalized spacial score (nSPS) is 16.2. The summed E-state index contributed by atoms with van der Waals surface area (Å²) in [6.45, 7) is 0.297. The molecule has 0 spiro atoms. The number of carbonyl (C=O) groups excluding carboxylic acids is 1. The van der Waals surface area contributed by atoms with Gasteiger partial charge >= 0.3 is 0 Å². The van der Waals surface area contributed by atoms with Crippen LogP contribution in [0.3, 0.4) is 0 Å². The van der Waals surface area contributed by atoms with Gasteiger partial charge in [-0.2, -0.15) is 5.10 Å². The van der Waals surface area contributed by atoms with E-state index in [0.717, 1.165) is 16.7 Å². The standard InChI is InChI=1S/C28H21N3O2S/c32-27-26(18-21-8-3-1-4-9-21)34-28(31(27)20-25-12-7-17-33-25)30-29-19-22-13-15-24(16-14-22)23-10-5-2-6-11-23/h1-19H,20H2/b26-18-,29-19+,30-28+. The Balaban J connectivity index is 1.37. The highest BCUT2D eigenvalue weighted by Crippen LogP contribution is 2.33. The van der Waals surface area contributed by atoms with Crippen LogP contribution in [0.15, 0.2) is 123 Å². The van der Waals surface area contributed by atoms with Crippen molar-refractivity contribution in [3.05, 3.63) is 125 Å². The first-order valence-electron chi connectivity index (χ1n) is 10.8. The van der Waals surface area contributed by atoms with E-state index in [-0.39, 0.29) is 5.91 Å². The molecule has 0 atom stereocenters. The zero-order valence-corrected chi connectivity index (χ0v) is 19.1. The van der Waals surface area contributed by atoms with Crippen molar-refractivity contribution in [2.75, 3.05) is 0 Å². The smallest absolute Gasteiger partial charge is 0.267 e. The average molecular weight is 464 g/mol. The highest BCUT2D eigenvalue weighted by atomic mass is 32.2. The van der Waals surface area contributed by atoms with Crippen LogP contribution in [0.2, 0.25) is 0 Å². The second-order valence-electron chi connectivity index (χ2n) is 7.61. The summed E-state index contributed by atoms with van der Waals surface area (Å²) < 4.78 is 5.45. The van der Waals surface area contributed by atoms with Gasteiger partial charge in [0, 0.05) is 0 Å². The summed E-state index contributed by atoms with van der Waals surface area (Å²) in [4.78, 5) is 15.3. The van der Waals surface area contributed by atoms with Crippen molar-refractivity contribution in [3.63, 3.8) is 0 Å². The van der Waals surface area contributed by atoms with Crippen LogP contribution in [-0.2, 0) is 11.3 Å². The quantitative estimate of drug-likeness (QED) is 0.187. The molecular weight excluding hydrogens is 442 g/mol. The van der Waals surface area contributed by atoms with Gasteiger partial charge < -0.3 is 4.42 Å². The molecule has 1 fully saturated rings. The van der Waals surface area contributed by atoms with E-state index in [0.29, 0.717) is 22.4 Å². The van der Waals surface area contributed by atoms with Gasteiger partial charge in [-0.3, -0.25) is 9.69 Å². The Kier molecular flexibility index (Phi) is 6.49. The molecule has 1 amide bonds. The molecule has 1 aromatic heterocycles. The molecule has 34 heavy (non-hydrogen) atoms. The number of nitrogens with zero attached hydrogens (tertiary/aromatic N) is 3. The fourth-order valence-corrected chi connectivity index (χ4v) is 4.45. The Bertz CT molecular complexity index is 1340. The van der Waals surface area contributed by atoms with Gasteiger partial charge in [-0.25, -0.2) is 0 Å². The molecule has 1 saturated heterocycles. The number of rotatable bonds is 6. The summed E-state index contributed by atoms with van der Waals surface area (Å²) in [5, 5.41) is 9.16. The van der Waals surface area contributed by atoms with Crippen molar-refractivity contribution in [1.82, 2.24) is 4.90 Å². The van der Waals surface area contributed by atoms with Crippen molar-refractivity contribution in [2.45, 2.75) is 6.54 Å². The summed E-state index contributed by atoms with van der Waals surface area (Å²) in [5.74, 6) is 0.564. The first-order valence-corrected chi connectivity index (χ1v) is 11.6. The van der Waals surface area contributed by atoms with E-state index in [9.17, 15) is 4.79 Å². The summed E-state index contributed by atoms with van der Waals surface area (Å²) in [6, 6.07) is 31.7. The average Bonchev–Trinajstić information content (AvgIpc) is 3.50. The van der Waals surface area contributed by atoms with Crippen LogP contribution in [0.1, 0.15) is 16.9 Å². The molecule has 166 valence electrons. The van der Waals surface area contributed by atoms with Crippen LogP contribution in [0.25, 0.3) is 17.2 Å². The Morgan fingerprint density at radius 3 is 2.21 bits per heavy atom. The Hall–Kier alpha value is -4.16. The molecule has 4 aromatic rings. The van der Waals surface area contributed by atoms with Gasteiger partial charge in [-0.15, -0.1) is 5.10 Å². The minimum Gasteiger partial charge on any atom is -0.467 e. The fourth-order valence-electron chi connectivity index (χ4n) is 3.52. The van der Waals surface area contributed by atoms with Crippen LogP contribution in [-0.4, -0.2) is 22.2 Å². The zero-order valence-electron chi connectivity index (χ0n) is 18.2. The molecule has 0 N–H and O–H groups in total. The van der Waals surface area contributed by atoms with E-state index in [1.165, 1.54) is 17.3 Å². The summed E-state index contributed by atoms with van der Waals surface area (Å²) in [6.07, 6.45) is 5.16. The minimum absolute atomic E-state index is 0.119. The SMILES string of the molecule is O=C1/C(=C/c2ccccc2)S/C(=N/N=C/c2ccc(-c3ccccc3)cc2)N1Cc1ccco1. The maximum Gasteiger partial charge on any atom is 0.267 e. The molecule has 2 heterocycles. The Labute approximate surface area is 202 Å². The molecule has 0 unspecified atom stereocenters. The zero-order chi connectivity index (χ0) is 23.2. The van der Waals surface area contributed by atoms with Gasteiger partial charge in [0.05, 0.1) is 23.9 Å². The van der Waals surface area contributed by atoms with E-state index in [2.05, 4.69) is 34.5 Å². The predicted molar refractivity (Wildman–Crippen MR) is 138 cm³/mol. The number of amidine groups is 1. The number of hydrogen-bond acceptors (Lipinski definition) is 5. The number of thioether (sulfide) groups is 1. The molecule has 5 rings (SSSR count). The van der Waals surface area contributed by atoms with Crippen LogP contribution < -0.4 is 0 Å². The van der Waals surface area contributed by atoms with Crippen molar-refractivity contribution < 1.29 is 9.21 Å². The van der Waals surface area contributed by atoms with Gasteiger partial charge in [0.1, 0.15) is 5.76 Å². The topological polar surface area (TPSA) is 58.2 Å². The highest BCUT2D eigenvalue weighted by Gasteiger charge is 2.34.